The fourth-order valence-corrected chi connectivity index (χ4v) is 1.78. The van der Waals surface area contributed by atoms with E-state index >= 15 is 0 Å². The first-order chi connectivity index (χ1) is 7.45. The Labute approximate surface area is 100 Å². The van der Waals surface area contributed by atoms with Gasteiger partial charge in [-0.25, -0.2) is 0 Å². The molecule has 1 aromatic heterocycles. The van der Waals surface area contributed by atoms with E-state index in [0.29, 0.717) is 0 Å². The fourth-order valence-electron chi connectivity index (χ4n) is 1.78. The first-order valence-electron chi connectivity index (χ1n) is 6.42. The predicted octanol–water partition coefficient (Wildman–Crippen LogP) is 4.42. The Balaban J connectivity index is 2.83. The van der Waals surface area contributed by atoms with Gasteiger partial charge < -0.3 is 0 Å². The molecule has 0 amide bonds. The molecule has 0 aromatic carbocycles. The van der Waals surface area contributed by atoms with E-state index in [1.165, 1.54) is 36.2 Å². The zero-order valence-electron chi connectivity index (χ0n) is 11.4. The maximum absolute atomic E-state index is 4.82. The summed E-state index contributed by atoms with van der Waals surface area (Å²) in [5.74, 6) is 0. The van der Waals surface area contributed by atoms with E-state index in [4.69, 9.17) is 4.98 Å². The molecule has 90 valence electrons. The van der Waals surface area contributed by atoms with Crippen molar-refractivity contribution in [2.75, 3.05) is 0 Å². The second-order valence-corrected chi connectivity index (χ2v) is 5.67. The second kappa shape index (κ2) is 5.47. The molecule has 0 spiro atoms. The Hall–Kier alpha value is -0.850. The molecule has 0 aliphatic carbocycles. The molecule has 0 aliphatic heterocycles. The van der Waals surface area contributed by atoms with Gasteiger partial charge in [0.05, 0.1) is 0 Å². The summed E-state index contributed by atoms with van der Waals surface area (Å²) in [6.07, 6.45) is 4.97. The highest BCUT2D eigenvalue weighted by molar-refractivity contribution is 5.25. The lowest BCUT2D eigenvalue weighted by atomic mass is 9.91. The largest absolute Gasteiger partial charge is 0.257 e. The summed E-state index contributed by atoms with van der Waals surface area (Å²) in [7, 11) is 0. The van der Waals surface area contributed by atoms with Crippen LogP contribution in [-0.4, -0.2) is 4.98 Å². The lowest BCUT2D eigenvalue weighted by Gasteiger charge is -2.19. The van der Waals surface area contributed by atoms with Crippen molar-refractivity contribution in [3.05, 3.63) is 29.1 Å². The minimum atomic E-state index is 0.160. The third-order valence-electron chi connectivity index (χ3n) is 2.99. The van der Waals surface area contributed by atoms with Crippen molar-refractivity contribution in [2.45, 2.75) is 65.7 Å². The van der Waals surface area contributed by atoms with E-state index in [-0.39, 0.29) is 5.41 Å². The van der Waals surface area contributed by atoms with Crippen molar-refractivity contribution in [1.29, 1.82) is 0 Å². The van der Waals surface area contributed by atoms with Crippen molar-refractivity contribution in [3.8, 4) is 0 Å². The average Bonchev–Trinajstić information content (AvgIpc) is 2.19. The summed E-state index contributed by atoms with van der Waals surface area (Å²) in [5, 5.41) is 0. The van der Waals surface area contributed by atoms with Gasteiger partial charge in [-0.1, -0.05) is 46.6 Å². The maximum Gasteiger partial charge on any atom is 0.0460 e. The van der Waals surface area contributed by atoms with Crippen LogP contribution in [-0.2, 0) is 11.8 Å². The molecule has 0 fully saturated rings. The van der Waals surface area contributed by atoms with E-state index < -0.39 is 0 Å². The van der Waals surface area contributed by atoms with Crippen LogP contribution in [0, 0.1) is 6.92 Å². The summed E-state index contributed by atoms with van der Waals surface area (Å²) in [6, 6.07) is 4.38. The molecule has 1 heterocycles. The third kappa shape index (κ3) is 3.62. The number of pyridine rings is 1. The smallest absolute Gasteiger partial charge is 0.0460 e. The SMILES string of the molecule is CCCCCc1nc(C(C)(C)C)ccc1C. The van der Waals surface area contributed by atoms with Crippen LogP contribution in [0.3, 0.4) is 0 Å². The molecular weight excluding hydrogens is 194 g/mol. The Kier molecular flexibility index (Phi) is 4.52. The molecule has 16 heavy (non-hydrogen) atoms. The van der Waals surface area contributed by atoms with Gasteiger partial charge in [0.25, 0.3) is 0 Å². The maximum atomic E-state index is 4.82. The van der Waals surface area contributed by atoms with Crippen LogP contribution in [0.25, 0.3) is 0 Å². The summed E-state index contributed by atoms with van der Waals surface area (Å²) in [5.41, 5.74) is 4.00. The van der Waals surface area contributed by atoms with Gasteiger partial charge >= 0.3 is 0 Å². The average molecular weight is 219 g/mol. The Morgan fingerprint density at radius 1 is 1.12 bits per heavy atom. The molecule has 0 aliphatic rings. The van der Waals surface area contributed by atoms with E-state index in [1.807, 2.05) is 0 Å². The van der Waals surface area contributed by atoms with Crippen LogP contribution in [0.4, 0.5) is 0 Å². The van der Waals surface area contributed by atoms with Crippen molar-refractivity contribution in [3.63, 3.8) is 0 Å². The minimum Gasteiger partial charge on any atom is -0.257 e. The van der Waals surface area contributed by atoms with Gasteiger partial charge in [0.15, 0.2) is 0 Å². The van der Waals surface area contributed by atoms with Crippen molar-refractivity contribution in [1.82, 2.24) is 4.98 Å². The number of unbranched alkanes of at least 4 members (excludes halogenated alkanes) is 2. The highest BCUT2D eigenvalue weighted by atomic mass is 14.7. The van der Waals surface area contributed by atoms with Gasteiger partial charge in [-0.05, 0) is 31.4 Å². The van der Waals surface area contributed by atoms with E-state index in [1.54, 1.807) is 0 Å². The van der Waals surface area contributed by atoms with Crippen LogP contribution >= 0.6 is 0 Å². The molecule has 1 nitrogen and oxygen atoms in total. The Bertz CT molecular complexity index is 334. The minimum absolute atomic E-state index is 0.160. The summed E-state index contributed by atoms with van der Waals surface area (Å²) >= 11 is 0. The Morgan fingerprint density at radius 3 is 2.38 bits per heavy atom. The van der Waals surface area contributed by atoms with E-state index in [9.17, 15) is 0 Å². The fraction of sp³-hybridized carbons (Fsp3) is 0.667. The standard InChI is InChI=1S/C15H25N/c1-6-7-8-9-13-12(2)10-11-14(16-13)15(3,4)5/h10-11H,6-9H2,1-5H3. The zero-order valence-corrected chi connectivity index (χ0v) is 11.4. The first-order valence-corrected chi connectivity index (χ1v) is 6.42. The summed E-state index contributed by atoms with van der Waals surface area (Å²) in [6.45, 7) is 11.1. The number of aryl methyl sites for hydroxylation is 2. The lowest BCUT2D eigenvalue weighted by Crippen LogP contribution is -2.15. The van der Waals surface area contributed by atoms with E-state index in [2.05, 4.69) is 46.8 Å². The molecule has 0 unspecified atom stereocenters. The number of nitrogens with zero attached hydrogens (tertiary/aromatic N) is 1. The zero-order chi connectivity index (χ0) is 12.2. The van der Waals surface area contributed by atoms with Gasteiger partial charge in [-0.3, -0.25) is 4.98 Å². The van der Waals surface area contributed by atoms with Gasteiger partial charge in [-0.2, -0.15) is 0 Å². The number of rotatable bonds is 4. The van der Waals surface area contributed by atoms with E-state index in [0.717, 1.165) is 6.42 Å². The van der Waals surface area contributed by atoms with Crippen molar-refractivity contribution in [2.24, 2.45) is 0 Å². The van der Waals surface area contributed by atoms with Gasteiger partial charge in [0, 0.05) is 16.8 Å². The van der Waals surface area contributed by atoms with Crippen LogP contribution in [0.5, 0.6) is 0 Å². The van der Waals surface area contributed by atoms with Crippen molar-refractivity contribution >= 4 is 0 Å². The van der Waals surface area contributed by atoms with Crippen LogP contribution in [0.15, 0.2) is 12.1 Å². The second-order valence-electron chi connectivity index (χ2n) is 5.67. The molecule has 1 rings (SSSR count). The molecule has 0 saturated carbocycles. The first kappa shape index (κ1) is 13.2. The van der Waals surface area contributed by atoms with Gasteiger partial charge in [-0.15, -0.1) is 0 Å². The third-order valence-corrected chi connectivity index (χ3v) is 2.99. The highest BCUT2D eigenvalue weighted by Crippen LogP contribution is 2.22. The molecular formula is C15H25N. The monoisotopic (exact) mass is 219 g/mol. The topological polar surface area (TPSA) is 12.9 Å². The molecule has 0 saturated heterocycles. The molecule has 0 N–H and O–H groups in total. The molecule has 1 aromatic rings. The number of hydrogen-bond donors (Lipinski definition) is 0. The summed E-state index contributed by atoms with van der Waals surface area (Å²) in [4.78, 5) is 4.82. The van der Waals surface area contributed by atoms with Crippen LogP contribution in [0.1, 0.15) is 63.9 Å². The molecule has 0 radical (unpaired) electrons. The quantitative estimate of drug-likeness (QED) is 0.683. The summed E-state index contributed by atoms with van der Waals surface area (Å²) < 4.78 is 0. The van der Waals surface area contributed by atoms with Gasteiger partial charge in [0.1, 0.15) is 0 Å². The molecule has 1 heteroatoms. The highest BCUT2D eigenvalue weighted by Gasteiger charge is 2.16. The molecule has 0 atom stereocenters. The van der Waals surface area contributed by atoms with Crippen molar-refractivity contribution < 1.29 is 0 Å². The van der Waals surface area contributed by atoms with Crippen LogP contribution in [0.2, 0.25) is 0 Å². The number of aromatic nitrogens is 1. The number of hydrogen-bond acceptors (Lipinski definition) is 1. The lowest BCUT2D eigenvalue weighted by molar-refractivity contribution is 0.563. The van der Waals surface area contributed by atoms with Crippen LogP contribution < -0.4 is 0 Å². The van der Waals surface area contributed by atoms with Gasteiger partial charge in [0.2, 0.25) is 0 Å². The molecule has 0 bridgehead atoms. The normalized spacial score (nSPS) is 11.8. The Morgan fingerprint density at radius 2 is 1.81 bits per heavy atom. The predicted molar refractivity (Wildman–Crippen MR) is 70.9 cm³/mol.